The van der Waals surface area contributed by atoms with E-state index in [0.717, 1.165) is 29.5 Å². The Bertz CT molecular complexity index is 1370. The Hall–Kier alpha value is -4.45. The van der Waals surface area contributed by atoms with Crippen LogP contribution in [0.15, 0.2) is 84.9 Å². The summed E-state index contributed by atoms with van der Waals surface area (Å²) in [5.41, 5.74) is 3.39. The number of carbonyl (C=O) groups excluding carboxylic acids is 3. The van der Waals surface area contributed by atoms with Gasteiger partial charge in [-0.05, 0) is 35.6 Å². The fraction of sp³-hybridized carbons (Fsp3) is 0.400. The Balaban J connectivity index is 1.19. The summed E-state index contributed by atoms with van der Waals surface area (Å²) in [7, 11) is 1.28. The van der Waals surface area contributed by atoms with Gasteiger partial charge in [0.2, 0.25) is 5.91 Å². The lowest BCUT2D eigenvalue weighted by Gasteiger charge is -2.31. The van der Waals surface area contributed by atoms with Crippen LogP contribution in [0.3, 0.4) is 0 Å². The first kappa shape index (κ1) is 32.9. The molecule has 11 nitrogen and oxygen atoms in total. The highest BCUT2D eigenvalue weighted by atomic mass is 16.6. The van der Waals surface area contributed by atoms with Gasteiger partial charge < -0.3 is 40.2 Å². The molecule has 0 aromatic heterocycles. The number of carbonyl (C=O) groups is 3. The van der Waals surface area contributed by atoms with E-state index in [9.17, 15) is 14.4 Å². The van der Waals surface area contributed by atoms with E-state index < -0.39 is 24.1 Å². The van der Waals surface area contributed by atoms with Crippen LogP contribution in [-0.4, -0.2) is 82.4 Å². The molecular weight excluding hydrogens is 588 g/mol. The van der Waals surface area contributed by atoms with Gasteiger partial charge in [0.1, 0.15) is 12.1 Å². The van der Waals surface area contributed by atoms with Gasteiger partial charge in [-0.25, -0.2) is 9.59 Å². The van der Waals surface area contributed by atoms with Gasteiger partial charge in [0.15, 0.2) is 0 Å². The third kappa shape index (κ3) is 9.29. The molecule has 4 unspecified atom stereocenters. The van der Waals surface area contributed by atoms with Crippen LogP contribution in [0.25, 0.3) is 0 Å². The van der Waals surface area contributed by atoms with Gasteiger partial charge in [-0.15, -0.1) is 0 Å². The highest BCUT2D eigenvalue weighted by Crippen LogP contribution is 2.30. The molecule has 0 spiro atoms. The molecule has 4 atom stereocenters. The molecule has 46 heavy (non-hydrogen) atoms. The maximum absolute atomic E-state index is 14.0. The molecule has 0 saturated carbocycles. The molecule has 3 amide bonds. The van der Waals surface area contributed by atoms with Crippen molar-refractivity contribution in [2.24, 2.45) is 0 Å². The molecule has 2 saturated heterocycles. The van der Waals surface area contributed by atoms with Gasteiger partial charge >= 0.3 is 12.2 Å². The molecule has 0 bridgehead atoms. The van der Waals surface area contributed by atoms with Gasteiger partial charge in [0, 0.05) is 37.2 Å². The summed E-state index contributed by atoms with van der Waals surface area (Å²) in [5, 5.41) is 12.1. The second-order valence-corrected chi connectivity index (χ2v) is 11.4. The topological polar surface area (TPSA) is 136 Å². The number of amides is 3. The van der Waals surface area contributed by atoms with Crippen molar-refractivity contribution in [2.45, 2.75) is 49.5 Å². The summed E-state index contributed by atoms with van der Waals surface area (Å²) in [4.78, 5) is 38.5. The van der Waals surface area contributed by atoms with E-state index in [1.54, 1.807) is 0 Å². The van der Waals surface area contributed by atoms with Crippen LogP contribution in [0.1, 0.15) is 35.4 Å². The van der Waals surface area contributed by atoms with E-state index in [4.69, 9.17) is 18.9 Å². The monoisotopic (exact) mass is 630 g/mol. The van der Waals surface area contributed by atoms with E-state index in [0.29, 0.717) is 45.0 Å². The number of morpholine rings is 1. The smallest absolute Gasteiger partial charge is 0.407 e. The van der Waals surface area contributed by atoms with Crippen LogP contribution in [0.4, 0.5) is 15.3 Å². The number of para-hydroxylation sites is 1. The quantitative estimate of drug-likeness (QED) is 0.236. The number of hydrogen-bond acceptors (Lipinski definition) is 8. The molecule has 3 aromatic rings. The molecule has 4 N–H and O–H groups in total. The molecule has 0 aliphatic carbocycles. The normalized spacial score (nSPS) is 20.0. The van der Waals surface area contributed by atoms with E-state index in [1.807, 2.05) is 84.9 Å². The van der Waals surface area contributed by atoms with Crippen LogP contribution < -0.4 is 21.3 Å². The summed E-state index contributed by atoms with van der Waals surface area (Å²) in [6, 6.07) is 25.9. The minimum absolute atomic E-state index is 0.0170. The SMILES string of the molecule is COC(=O)NC(C(=O)Nc1ccccc1CCC1CNC(CNC(=O)OC2CCOC2)CO1)C(c1ccccc1)c1ccccc1. The number of rotatable bonds is 12. The summed E-state index contributed by atoms with van der Waals surface area (Å²) < 4.78 is 21.6. The number of anilines is 1. The van der Waals surface area contributed by atoms with Crippen molar-refractivity contribution in [1.82, 2.24) is 16.0 Å². The molecule has 3 aromatic carbocycles. The number of ether oxygens (including phenoxy) is 4. The highest BCUT2D eigenvalue weighted by Gasteiger charge is 2.33. The molecule has 0 radical (unpaired) electrons. The number of methoxy groups -OCH3 is 1. The predicted molar refractivity (Wildman–Crippen MR) is 173 cm³/mol. The third-order valence-corrected chi connectivity index (χ3v) is 8.22. The molecule has 244 valence electrons. The zero-order valence-corrected chi connectivity index (χ0v) is 26.0. The van der Waals surface area contributed by atoms with Crippen LogP contribution in [-0.2, 0) is 30.2 Å². The molecule has 2 aliphatic heterocycles. The summed E-state index contributed by atoms with van der Waals surface area (Å²) in [6.45, 7) is 2.55. The molecule has 2 aliphatic rings. The molecule has 2 heterocycles. The van der Waals surface area contributed by atoms with Crippen molar-refractivity contribution < 1.29 is 33.3 Å². The third-order valence-electron chi connectivity index (χ3n) is 8.22. The second-order valence-electron chi connectivity index (χ2n) is 11.4. The van der Waals surface area contributed by atoms with E-state index in [1.165, 1.54) is 7.11 Å². The molecule has 11 heteroatoms. The fourth-order valence-electron chi connectivity index (χ4n) is 5.76. The largest absolute Gasteiger partial charge is 0.453 e. The van der Waals surface area contributed by atoms with E-state index in [2.05, 4.69) is 21.3 Å². The maximum atomic E-state index is 14.0. The van der Waals surface area contributed by atoms with Crippen molar-refractivity contribution in [1.29, 1.82) is 0 Å². The average Bonchev–Trinajstić information content (AvgIpc) is 3.61. The van der Waals surface area contributed by atoms with Crippen LogP contribution in [0.5, 0.6) is 0 Å². The molecular formula is C35H42N4O7. The zero-order chi connectivity index (χ0) is 32.1. The first-order chi connectivity index (χ1) is 22.5. The van der Waals surface area contributed by atoms with Crippen molar-refractivity contribution >= 4 is 23.8 Å². The number of alkyl carbamates (subject to hydrolysis) is 2. The van der Waals surface area contributed by atoms with E-state index in [-0.39, 0.29) is 24.2 Å². The van der Waals surface area contributed by atoms with Crippen LogP contribution >= 0.6 is 0 Å². The lowest BCUT2D eigenvalue weighted by atomic mass is 9.84. The first-order valence-electron chi connectivity index (χ1n) is 15.7. The Kier molecular flexibility index (Phi) is 12.0. The second kappa shape index (κ2) is 16.7. The summed E-state index contributed by atoms with van der Waals surface area (Å²) in [5.74, 6) is -0.822. The van der Waals surface area contributed by atoms with Crippen molar-refractivity contribution in [3.8, 4) is 0 Å². The van der Waals surface area contributed by atoms with Gasteiger partial charge in [-0.3, -0.25) is 4.79 Å². The van der Waals surface area contributed by atoms with Crippen LogP contribution in [0.2, 0.25) is 0 Å². The Morgan fingerprint density at radius 3 is 2.24 bits per heavy atom. The Morgan fingerprint density at radius 2 is 1.61 bits per heavy atom. The maximum Gasteiger partial charge on any atom is 0.407 e. The molecule has 5 rings (SSSR count). The Labute approximate surface area is 269 Å². The van der Waals surface area contributed by atoms with Crippen molar-refractivity contribution in [2.75, 3.05) is 45.3 Å². The number of benzene rings is 3. The van der Waals surface area contributed by atoms with Crippen LogP contribution in [0, 0.1) is 0 Å². The van der Waals surface area contributed by atoms with Crippen molar-refractivity contribution in [3.05, 3.63) is 102 Å². The zero-order valence-electron chi connectivity index (χ0n) is 26.0. The number of hydrogen-bond donors (Lipinski definition) is 4. The van der Waals surface area contributed by atoms with Gasteiger partial charge in [0.25, 0.3) is 0 Å². The standard InChI is InChI=1S/C35H42N4O7/c1-43-35(42)39-32(31(25-11-4-2-5-12-25)26-13-6-3-7-14-26)33(40)38-30-15-9-8-10-24(30)16-17-28-21-36-27(22-45-28)20-37-34(41)46-29-18-19-44-23-29/h2-15,27-29,31-32,36H,16-23H2,1H3,(H,37,41)(H,38,40)(H,39,42). The molecule has 2 fully saturated rings. The minimum Gasteiger partial charge on any atom is -0.453 e. The lowest BCUT2D eigenvalue weighted by molar-refractivity contribution is -0.118. The number of aryl methyl sites for hydroxylation is 1. The van der Waals surface area contributed by atoms with Gasteiger partial charge in [-0.2, -0.15) is 0 Å². The van der Waals surface area contributed by atoms with E-state index >= 15 is 0 Å². The Morgan fingerprint density at radius 1 is 0.913 bits per heavy atom. The highest BCUT2D eigenvalue weighted by molar-refractivity contribution is 5.98. The van der Waals surface area contributed by atoms with Gasteiger partial charge in [-0.1, -0.05) is 78.9 Å². The van der Waals surface area contributed by atoms with Gasteiger partial charge in [0.05, 0.1) is 33.0 Å². The number of nitrogens with one attached hydrogen (secondary N) is 4. The summed E-state index contributed by atoms with van der Waals surface area (Å²) >= 11 is 0. The fourth-order valence-corrected chi connectivity index (χ4v) is 5.76. The first-order valence-corrected chi connectivity index (χ1v) is 15.7. The average molecular weight is 631 g/mol. The lowest BCUT2D eigenvalue weighted by Crippen LogP contribution is -2.51. The minimum atomic E-state index is -0.953. The summed E-state index contributed by atoms with van der Waals surface area (Å²) in [6.07, 6.45) is 0.761. The van der Waals surface area contributed by atoms with Crippen molar-refractivity contribution in [3.63, 3.8) is 0 Å². The predicted octanol–water partition coefficient (Wildman–Crippen LogP) is 3.99.